The van der Waals surface area contributed by atoms with E-state index in [0.29, 0.717) is 17.0 Å². The summed E-state index contributed by atoms with van der Waals surface area (Å²) in [6.45, 7) is 4.04. The van der Waals surface area contributed by atoms with Gasteiger partial charge in [-0.1, -0.05) is 29.8 Å². The zero-order chi connectivity index (χ0) is 11.5. The van der Waals surface area contributed by atoms with Gasteiger partial charge in [0.25, 0.3) is 0 Å². The van der Waals surface area contributed by atoms with E-state index in [0.717, 1.165) is 25.7 Å². The van der Waals surface area contributed by atoms with Gasteiger partial charge in [-0.2, -0.15) is 0 Å². The van der Waals surface area contributed by atoms with E-state index in [1.165, 1.54) is 0 Å². The molecule has 0 aromatic heterocycles. The minimum atomic E-state index is -3.09. The van der Waals surface area contributed by atoms with Crippen LogP contribution in [0.1, 0.15) is 39.5 Å². The van der Waals surface area contributed by atoms with E-state index in [1.807, 2.05) is 13.8 Å². The summed E-state index contributed by atoms with van der Waals surface area (Å²) in [7, 11) is -3.09. The van der Waals surface area contributed by atoms with E-state index >= 15 is 0 Å². The van der Waals surface area contributed by atoms with Crippen LogP contribution < -0.4 is 4.72 Å². The predicted octanol–water partition coefficient (Wildman–Crippen LogP) is 2.27. The Bertz CT molecular complexity index is 286. The summed E-state index contributed by atoms with van der Waals surface area (Å²) < 4.78 is 26.5. The number of alkyl halides is 1. The van der Waals surface area contributed by atoms with Crippen molar-refractivity contribution in [3.8, 4) is 0 Å². The summed E-state index contributed by atoms with van der Waals surface area (Å²) in [4.78, 5) is 0. The molecule has 0 radical (unpaired) electrons. The Labute approximate surface area is 101 Å². The maximum absolute atomic E-state index is 11.8. The first-order valence-electron chi connectivity index (χ1n) is 5.54. The van der Waals surface area contributed by atoms with Crippen molar-refractivity contribution in [2.75, 3.05) is 11.1 Å². The summed E-state index contributed by atoms with van der Waals surface area (Å²) >= 11 is 3.40. The van der Waals surface area contributed by atoms with Crippen LogP contribution in [0.15, 0.2) is 0 Å². The fourth-order valence-electron chi connectivity index (χ4n) is 1.58. The number of halogens is 1. The van der Waals surface area contributed by atoms with Crippen LogP contribution in [0.3, 0.4) is 0 Å². The van der Waals surface area contributed by atoms with E-state index in [1.54, 1.807) is 0 Å². The van der Waals surface area contributed by atoms with Gasteiger partial charge >= 0.3 is 0 Å². The number of hydrogen-bond acceptors (Lipinski definition) is 2. The Morgan fingerprint density at radius 2 is 1.87 bits per heavy atom. The van der Waals surface area contributed by atoms with E-state index in [4.69, 9.17) is 0 Å². The molecule has 1 aliphatic rings. The van der Waals surface area contributed by atoms with Gasteiger partial charge in [0.15, 0.2) is 0 Å². The van der Waals surface area contributed by atoms with Crippen LogP contribution in [0.4, 0.5) is 0 Å². The Morgan fingerprint density at radius 1 is 1.33 bits per heavy atom. The Kier molecular flexibility index (Phi) is 4.62. The van der Waals surface area contributed by atoms with Crippen LogP contribution >= 0.6 is 15.9 Å². The van der Waals surface area contributed by atoms with Gasteiger partial charge in [-0.05, 0) is 31.6 Å². The summed E-state index contributed by atoms with van der Waals surface area (Å²) in [5, 5.41) is 0.677. The van der Waals surface area contributed by atoms with E-state index < -0.39 is 10.0 Å². The normalized spacial score (nSPS) is 18.1. The molecule has 3 nitrogen and oxygen atoms in total. The molecule has 0 aromatic carbocycles. The van der Waals surface area contributed by atoms with Crippen LogP contribution in [0.5, 0.6) is 0 Å². The highest BCUT2D eigenvalue weighted by Crippen LogP contribution is 2.31. The van der Waals surface area contributed by atoms with Gasteiger partial charge in [0.2, 0.25) is 10.0 Å². The predicted molar refractivity (Wildman–Crippen MR) is 66.8 cm³/mol. The molecule has 0 aromatic rings. The van der Waals surface area contributed by atoms with Crippen molar-refractivity contribution < 1.29 is 8.42 Å². The lowest BCUT2D eigenvalue weighted by molar-refractivity contribution is 0.398. The average molecular weight is 298 g/mol. The van der Waals surface area contributed by atoms with Crippen molar-refractivity contribution in [1.29, 1.82) is 0 Å². The highest BCUT2D eigenvalue weighted by molar-refractivity contribution is 9.09. The third-order valence-electron chi connectivity index (χ3n) is 3.13. The fourth-order valence-corrected chi connectivity index (χ4v) is 4.75. The number of hydrogen-bond donors (Lipinski definition) is 1. The van der Waals surface area contributed by atoms with Gasteiger partial charge in [-0.15, -0.1) is 0 Å². The molecular weight excluding hydrogens is 278 g/mol. The molecule has 5 heteroatoms. The average Bonchev–Trinajstić information content (AvgIpc) is 2.97. The largest absolute Gasteiger partial charge is 0.212 e. The molecule has 0 unspecified atom stereocenters. The molecule has 1 fully saturated rings. The second-order valence-electron chi connectivity index (χ2n) is 4.45. The van der Waals surface area contributed by atoms with Gasteiger partial charge in [0, 0.05) is 10.9 Å². The smallest absolute Gasteiger partial charge is 0.212 e. The highest BCUT2D eigenvalue weighted by atomic mass is 79.9. The van der Waals surface area contributed by atoms with E-state index in [9.17, 15) is 8.42 Å². The molecule has 1 saturated carbocycles. The topological polar surface area (TPSA) is 46.2 Å². The maximum atomic E-state index is 11.8. The quantitative estimate of drug-likeness (QED) is 0.733. The molecule has 0 spiro atoms. The molecular formula is C10H20BrNO2S. The van der Waals surface area contributed by atoms with Crippen LogP contribution in [-0.4, -0.2) is 25.0 Å². The number of nitrogens with one attached hydrogen (secondary N) is 1. The molecule has 0 aliphatic heterocycles. The van der Waals surface area contributed by atoms with Crippen molar-refractivity contribution in [3.05, 3.63) is 0 Å². The molecule has 15 heavy (non-hydrogen) atoms. The lowest BCUT2D eigenvalue weighted by Gasteiger charge is -2.30. The molecule has 1 N–H and O–H groups in total. The van der Waals surface area contributed by atoms with Crippen LogP contribution in [0.25, 0.3) is 0 Å². The van der Waals surface area contributed by atoms with Crippen molar-refractivity contribution in [1.82, 2.24) is 4.72 Å². The molecule has 0 saturated heterocycles. The third kappa shape index (κ3) is 4.04. The second-order valence-corrected chi connectivity index (χ2v) is 6.78. The van der Waals surface area contributed by atoms with Crippen LogP contribution in [0, 0.1) is 5.92 Å². The molecule has 0 atom stereocenters. The monoisotopic (exact) mass is 297 g/mol. The van der Waals surface area contributed by atoms with Gasteiger partial charge in [-0.25, -0.2) is 13.1 Å². The summed E-state index contributed by atoms with van der Waals surface area (Å²) in [5.41, 5.74) is -0.298. The first-order chi connectivity index (χ1) is 6.97. The second kappa shape index (κ2) is 5.15. The molecule has 0 bridgehead atoms. The summed E-state index contributed by atoms with van der Waals surface area (Å²) in [6, 6.07) is 0. The van der Waals surface area contributed by atoms with Gasteiger partial charge in [0.1, 0.15) is 0 Å². The van der Waals surface area contributed by atoms with Crippen LogP contribution in [0.2, 0.25) is 0 Å². The van der Waals surface area contributed by atoms with E-state index in [2.05, 4.69) is 20.7 Å². The number of rotatable bonds is 7. The number of sulfonamides is 1. The maximum Gasteiger partial charge on any atom is 0.212 e. The van der Waals surface area contributed by atoms with Crippen molar-refractivity contribution in [2.45, 2.75) is 45.1 Å². The van der Waals surface area contributed by atoms with E-state index in [-0.39, 0.29) is 5.54 Å². The Morgan fingerprint density at radius 3 is 2.20 bits per heavy atom. The Hall–Kier alpha value is 0.390. The molecule has 0 heterocycles. The molecule has 0 amide bonds. The minimum absolute atomic E-state index is 0.298. The van der Waals surface area contributed by atoms with Crippen molar-refractivity contribution in [3.63, 3.8) is 0 Å². The van der Waals surface area contributed by atoms with Crippen molar-refractivity contribution in [2.24, 2.45) is 5.92 Å². The molecule has 1 rings (SSSR count). The minimum Gasteiger partial charge on any atom is -0.212 e. The summed E-state index contributed by atoms with van der Waals surface area (Å²) in [6.07, 6.45) is 3.78. The SMILES string of the molecule is CCC(CC)(CBr)NS(=O)(=O)CC1CC1. The van der Waals surface area contributed by atoms with Gasteiger partial charge in [0.05, 0.1) is 5.75 Å². The highest BCUT2D eigenvalue weighted by Gasteiger charge is 2.34. The Balaban J connectivity index is 2.62. The van der Waals surface area contributed by atoms with Crippen molar-refractivity contribution >= 4 is 26.0 Å². The first-order valence-corrected chi connectivity index (χ1v) is 8.32. The fraction of sp³-hybridized carbons (Fsp3) is 1.00. The van der Waals surface area contributed by atoms with Gasteiger partial charge < -0.3 is 0 Å². The van der Waals surface area contributed by atoms with Gasteiger partial charge in [-0.3, -0.25) is 0 Å². The lowest BCUT2D eigenvalue weighted by Crippen LogP contribution is -2.49. The van der Waals surface area contributed by atoms with Crippen LogP contribution in [-0.2, 0) is 10.0 Å². The molecule has 90 valence electrons. The standard InChI is InChI=1S/C10H20BrNO2S/c1-3-10(4-2,8-11)12-15(13,14)7-9-5-6-9/h9,12H,3-8H2,1-2H3. The first kappa shape index (κ1) is 13.5. The third-order valence-corrected chi connectivity index (χ3v) is 5.86. The lowest BCUT2D eigenvalue weighted by atomic mass is 9.97. The molecule has 1 aliphatic carbocycles. The summed E-state index contributed by atoms with van der Waals surface area (Å²) in [5.74, 6) is 0.714. The zero-order valence-electron chi connectivity index (χ0n) is 9.42. The zero-order valence-corrected chi connectivity index (χ0v) is 11.8.